The molecule has 20 heavy (non-hydrogen) atoms. The highest BCUT2D eigenvalue weighted by molar-refractivity contribution is 5.54. The molecule has 1 atom stereocenters. The molecule has 2 heteroatoms. The maximum absolute atomic E-state index is 3.50. The second-order valence-corrected chi connectivity index (χ2v) is 6.03. The van der Waals surface area contributed by atoms with E-state index < -0.39 is 0 Å². The van der Waals surface area contributed by atoms with Crippen LogP contribution in [0.15, 0.2) is 24.3 Å². The highest BCUT2D eigenvalue weighted by Gasteiger charge is 2.14. The van der Waals surface area contributed by atoms with Crippen molar-refractivity contribution in [3.8, 4) is 0 Å². The van der Waals surface area contributed by atoms with E-state index in [0.717, 1.165) is 6.54 Å². The molecule has 0 aromatic heterocycles. The average molecular weight is 274 g/mol. The van der Waals surface area contributed by atoms with E-state index in [1.165, 1.54) is 57.3 Å². The molecule has 1 unspecified atom stereocenters. The van der Waals surface area contributed by atoms with Crippen molar-refractivity contribution >= 4 is 5.69 Å². The van der Waals surface area contributed by atoms with Crippen molar-refractivity contribution in [1.29, 1.82) is 0 Å². The van der Waals surface area contributed by atoms with Crippen molar-refractivity contribution in [2.24, 2.45) is 0 Å². The van der Waals surface area contributed by atoms with Gasteiger partial charge in [0.1, 0.15) is 0 Å². The van der Waals surface area contributed by atoms with Crippen LogP contribution in [-0.2, 0) is 6.42 Å². The first-order valence-corrected chi connectivity index (χ1v) is 8.37. The van der Waals surface area contributed by atoms with Crippen LogP contribution in [0.2, 0.25) is 0 Å². The first-order valence-electron chi connectivity index (χ1n) is 8.37. The second-order valence-electron chi connectivity index (χ2n) is 6.03. The Bertz CT molecular complexity index is 389. The van der Waals surface area contributed by atoms with Gasteiger partial charge in [-0.15, -0.1) is 0 Å². The van der Waals surface area contributed by atoms with Gasteiger partial charge >= 0.3 is 0 Å². The number of para-hydroxylation sites is 1. The highest BCUT2D eigenvalue weighted by atomic mass is 15.1. The van der Waals surface area contributed by atoms with Crippen molar-refractivity contribution in [3.63, 3.8) is 0 Å². The van der Waals surface area contributed by atoms with Crippen LogP contribution in [0.3, 0.4) is 0 Å². The monoisotopic (exact) mass is 274 g/mol. The lowest BCUT2D eigenvalue weighted by molar-refractivity contribution is 0.500. The summed E-state index contributed by atoms with van der Waals surface area (Å²) >= 11 is 0. The number of rotatable bonds is 7. The van der Waals surface area contributed by atoms with Gasteiger partial charge in [0, 0.05) is 24.8 Å². The van der Waals surface area contributed by atoms with Crippen molar-refractivity contribution < 1.29 is 0 Å². The van der Waals surface area contributed by atoms with Crippen LogP contribution in [0.1, 0.15) is 51.5 Å². The third kappa shape index (κ3) is 4.52. The fraction of sp³-hybridized carbons (Fsp3) is 0.667. The normalized spacial score (nSPS) is 16.6. The average Bonchev–Trinajstić information content (AvgIpc) is 2.66. The van der Waals surface area contributed by atoms with Gasteiger partial charge in [0.2, 0.25) is 0 Å². The number of fused-ring (bicyclic) bond motifs is 1. The fourth-order valence-electron chi connectivity index (χ4n) is 3.21. The van der Waals surface area contributed by atoms with Crippen LogP contribution >= 0.6 is 0 Å². The third-order valence-corrected chi connectivity index (χ3v) is 4.32. The van der Waals surface area contributed by atoms with Crippen LogP contribution in [0, 0.1) is 0 Å². The molecule has 1 aromatic rings. The molecule has 0 bridgehead atoms. The number of benzene rings is 1. The largest absolute Gasteiger partial charge is 0.371 e. The van der Waals surface area contributed by atoms with Gasteiger partial charge in [-0.1, -0.05) is 31.5 Å². The predicted octanol–water partition coefficient (Wildman–Crippen LogP) is 4.00. The molecule has 1 aliphatic heterocycles. The van der Waals surface area contributed by atoms with E-state index in [-0.39, 0.29) is 0 Å². The predicted molar refractivity (Wildman–Crippen MR) is 88.6 cm³/mol. The van der Waals surface area contributed by atoms with Crippen LogP contribution in [-0.4, -0.2) is 25.7 Å². The van der Waals surface area contributed by atoms with Gasteiger partial charge < -0.3 is 10.2 Å². The molecule has 0 spiro atoms. The lowest BCUT2D eigenvalue weighted by Crippen LogP contribution is -2.27. The van der Waals surface area contributed by atoms with E-state index in [4.69, 9.17) is 0 Å². The van der Waals surface area contributed by atoms with Gasteiger partial charge in [0.25, 0.3) is 0 Å². The summed E-state index contributed by atoms with van der Waals surface area (Å²) in [5.74, 6) is 0. The first kappa shape index (κ1) is 15.4. The number of aryl methyl sites for hydroxylation is 1. The first-order chi connectivity index (χ1) is 9.81. The molecule has 1 aromatic carbocycles. The number of unbranched alkanes of at least 4 members (excludes halogenated alkanes) is 1. The number of nitrogens with zero attached hydrogens (tertiary/aromatic N) is 1. The standard InChI is InChI=1S/C18H30N2/c1-3-19-16(2)10-6-8-14-20-15-9-7-12-17-11-4-5-13-18(17)20/h4-5,11,13,16,19H,3,6-10,12,14-15H2,1-2H3. The molecular formula is C18H30N2. The zero-order valence-corrected chi connectivity index (χ0v) is 13.2. The molecule has 1 aliphatic rings. The van der Waals surface area contributed by atoms with Crippen molar-refractivity contribution in [1.82, 2.24) is 5.32 Å². The Morgan fingerprint density at radius 1 is 1.20 bits per heavy atom. The zero-order chi connectivity index (χ0) is 14.2. The van der Waals surface area contributed by atoms with E-state index in [9.17, 15) is 0 Å². The van der Waals surface area contributed by atoms with Gasteiger partial charge in [-0.2, -0.15) is 0 Å². The summed E-state index contributed by atoms with van der Waals surface area (Å²) in [6.07, 6.45) is 7.86. The van der Waals surface area contributed by atoms with E-state index in [1.807, 2.05) is 0 Å². The summed E-state index contributed by atoms with van der Waals surface area (Å²) in [4.78, 5) is 2.61. The molecule has 0 radical (unpaired) electrons. The Balaban J connectivity index is 1.81. The maximum atomic E-state index is 3.50. The molecule has 0 saturated carbocycles. The minimum atomic E-state index is 0.663. The van der Waals surface area contributed by atoms with E-state index >= 15 is 0 Å². The molecule has 0 fully saturated rings. The Morgan fingerprint density at radius 3 is 2.90 bits per heavy atom. The summed E-state index contributed by atoms with van der Waals surface area (Å²) in [7, 11) is 0. The van der Waals surface area contributed by atoms with Gasteiger partial charge in [-0.05, 0) is 57.2 Å². The van der Waals surface area contributed by atoms with Gasteiger partial charge in [0.15, 0.2) is 0 Å². The SMILES string of the molecule is CCNC(C)CCCCN1CCCCc2ccccc21. The Labute approximate surface area is 124 Å². The molecular weight excluding hydrogens is 244 g/mol. The molecule has 0 amide bonds. The molecule has 112 valence electrons. The number of hydrogen-bond donors (Lipinski definition) is 1. The summed E-state index contributed by atoms with van der Waals surface area (Å²) in [5.41, 5.74) is 3.04. The molecule has 0 aliphatic carbocycles. The topological polar surface area (TPSA) is 15.3 Å². The van der Waals surface area contributed by atoms with Gasteiger partial charge in [-0.3, -0.25) is 0 Å². The van der Waals surface area contributed by atoms with Gasteiger partial charge in [0.05, 0.1) is 0 Å². The summed E-state index contributed by atoms with van der Waals surface area (Å²) < 4.78 is 0. The molecule has 2 nitrogen and oxygen atoms in total. The smallest absolute Gasteiger partial charge is 0.0398 e. The van der Waals surface area contributed by atoms with E-state index in [1.54, 1.807) is 5.56 Å². The Morgan fingerprint density at radius 2 is 2.05 bits per heavy atom. The molecule has 2 rings (SSSR count). The summed E-state index contributed by atoms with van der Waals surface area (Å²) in [6, 6.07) is 9.64. The third-order valence-electron chi connectivity index (χ3n) is 4.32. The minimum Gasteiger partial charge on any atom is -0.371 e. The second kappa shape index (κ2) is 8.31. The Hall–Kier alpha value is -1.02. The molecule has 1 heterocycles. The van der Waals surface area contributed by atoms with Gasteiger partial charge in [-0.25, -0.2) is 0 Å². The number of anilines is 1. The van der Waals surface area contributed by atoms with Crippen molar-refractivity contribution in [3.05, 3.63) is 29.8 Å². The lowest BCUT2D eigenvalue weighted by atomic mass is 10.1. The fourth-order valence-corrected chi connectivity index (χ4v) is 3.21. The molecule has 1 N–H and O–H groups in total. The van der Waals surface area contributed by atoms with E-state index in [2.05, 4.69) is 48.3 Å². The van der Waals surface area contributed by atoms with Crippen LogP contribution in [0.4, 0.5) is 5.69 Å². The van der Waals surface area contributed by atoms with Crippen LogP contribution < -0.4 is 10.2 Å². The Kier molecular flexibility index (Phi) is 6.38. The zero-order valence-electron chi connectivity index (χ0n) is 13.2. The number of hydrogen-bond acceptors (Lipinski definition) is 2. The maximum Gasteiger partial charge on any atom is 0.0398 e. The van der Waals surface area contributed by atoms with E-state index in [0.29, 0.717) is 6.04 Å². The summed E-state index contributed by atoms with van der Waals surface area (Å²) in [6.45, 7) is 8.02. The van der Waals surface area contributed by atoms with Crippen LogP contribution in [0.25, 0.3) is 0 Å². The lowest BCUT2D eigenvalue weighted by Gasteiger charge is -2.25. The summed E-state index contributed by atoms with van der Waals surface area (Å²) in [5, 5.41) is 3.50. The van der Waals surface area contributed by atoms with Crippen molar-refractivity contribution in [2.45, 2.75) is 58.4 Å². The molecule has 0 saturated heterocycles. The van der Waals surface area contributed by atoms with Crippen LogP contribution in [0.5, 0.6) is 0 Å². The van der Waals surface area contributed by atoms with Crippen molar-refractivity contribution in [2.75, 3.05) is 24.5 Å². The highest BCUT2D eigenvalue weighted by Crippen LogP contribution is 2.26. The quantitative estimate of drug-likeness (QED) is 0.756. The minimum absolute atomic E-state index is 0.663. The number of nitrogens with one attached hydrogen (secondary N) is 1.